The summed E-state index contributed by atoms with van der Waals surface area (Å²) in [6.45, 7) is 9.46. The zero-order valence-corrected chi connectivity index (χ0v) is 10.3. The minimum atomic E-state index is -0.159. The van der Waals surface area contributed by atoms with E-state index in [0.717, 1.165) is 6.54 Å². The number of hydrogen-bond acceptors (Lipinski definition) is 3. The van der Waals surface area contributed by atoms with Gasteiger partial charge in [0, 0.05) is 12.6 Å². The third-order valence-electron chi connectivity index (χ3n) is 1.99. The first-order valence-electron chi connectivity index (χ1n) is 5.71. The number of rotatable bonds is 7. The lowest BCUT2D eigenvalue weighted by Crippen LogP contribution is -2.48. The van der Waals surface area contributed by atoms with E-state index in [1.807, 2.05) is 13.8 Å². The van der Waals surface area contributed by atoms with E-state index in [0.29, 0.717) is 24.9 Å². The minimum Gasteiger partial charge on any atom is -0.354 e. The van der Waals surface area contributed by atoms with Gasteiger partial charge in [-0.3, -0.25) is 4.79 Å². The van der Waals surface area contributed by atoms with Crippen LogP contribution >= 0.6 is 0 Å². The van der Waals surface area contributed by atoms with Gasteiger partial charge in [0.05, 0.1) is 6.04 Å². The van der Waals surface area contributed by atoms with Gasteiger partial charge in [0.25, 0.3) is 0 Å². The van der Waals surface area contributed by atoms with E-state index in [1.54, 1.807) is 0 Å². The quantitative estimate of drug-likeness (QED) is 0.578. The normalized spacial score (nSPS) is 13.3. The molecule has 1 unspecified atom stereocenters. The van der Waals surface area contributed by atoms with Crippen molar-refractivity contribution in [2.24, 2.45) is 11.7 Å². The molecule has 0 aromatic heterocycles. The topological polar surface area (TPSA) is 67.2 Å². The summed E-state index contributed by atoms with van der Waals surface area (Å²) in [5.74, 6) is 0.536. The molecule has 0 aromatic carbocycles. The molecule has 90 valence electrons. The molecule has 15 heavy (non-hydrogen) atoms. The van der Waals surface area contributed by atoms with Gasteiger partial charge in [0.15, 0.2) is 0 Å². The highest BCUT2D eigenvalue weighted by molar-refractivity contribution is 5.81. The van der Waals surface area contributed by atoms with E-state index in [2.05, 4.69) is 24.5 Å². The van der Waals surface area contributed by atoms with Gasteiger partial charge in [-0.05, 0) is 18.9 Å². The number of amides is 1. The Morgan fingerprint density at radius 1 is 1.27 bits per heavy atom. The first kappa shape index (κ1) is 14.4. The highest BCUT2D eigenvalue weighted by Gasteiger charge is 2.17. The van der Waals surface area contributed by atoms with Crippen molar-refractivity contribution in [3.8, 4) is 0 Å². The molecule has 4 heteroatoms. The number of nitrogens with one attached hydrogen (secondary N) is 2. The molecule has 1 amide bonds. The van der Waals surface area contributed by atoms with Gasteiger partial charge in [0.1, 0.15) is 0 Å². The summed E-state index contributed by atoms with van der Waals surface area (Å²) in [6.07, 6.45) is 0.683. The Balaban J connectivity index is 4.04. The Hall–Kier alpha value is -0.610. The van der Waals surface area contributed by atoms with Gasteiger partial charge < -0.3 is 16.4 Å². The number of carbonyl (C=O) groups excluding carboxylic acids is 1. The van der Waals surface area contributed by atoms with E-state index < -0.39 is 0 Å². The molecule has 0 aromatic rings. The Morgan fingerprint density at radius 2 is 1.87 bits per heavy atom. The summed E-state index contributed by atoms with van der Waals surface area (Å²) in [4.78, 5) is 11.7. The molecule has 0 aliphatic heterocycles. The van der Waals surface area contributed by atoms with Gasteiger partial charge in [-0.25, -0.2) is 0 Å². The second-order valence-corrected chi connectivity index (χ2v) is 4.59. The summed E-state index contributed by atoms with van der Waals surface area (Å²) in [6, 6.07) is 0.139. The van der Waals surface area contributed by atoms with Crippen molar-refractivity contribution in [2.45, 2.75) is 46.2 Å². The van der Waals surface area contributed by atoms with Crippen LogP contribution in [0.3, 0.4) is 0 Å². The van der Waals surface area contributed by atoms with Crippen molar-refractivity contribution in [1.82, 2.24) is 10.6 Å². The molecule has 0 bridgehead atoms. The molecule has 0 fully saturated rings. The average molecular weight is 215 g/mol. The van der Waals surface area contributed by atoms with E-state index in [1.165, 1.54) is 0 Å². The van der Waals surface area contributed by atoms with Crippen LogP contribution < -0.4 is 16.4 Å². The number of nitrogens with two attached hydrogens (primary N) is 1. The summed E-state index contributed by atoms with van der Waals surface area (Å²) in [7, 11) is 0. The second kappa shape index (κ2) is 7.65. The first-order chi connectivity index (χ1) is 6.97. The van der Waals surface area contributed by atoms with Crippen molar-refractivity contribution in [1.29, 1.82) is 0 Å². The maximum atomic E-state index is 11.7. The van der Waals surface area contributed by atoms with E-state index in [-0.39, 0.29) is 11.9 Å². The highest BCUT2D eigenvalue weighted by atomic mass is 16.2. The molecule has 0 heterocycles. The van der Waals surface area contributed by atoms with Crippen LogP contribution in [-0.4, -0.2) is 31.1 Å². The van der Waals surface area contributed by atoms with Crippen molar-refractivity contribution in [2.75, 3.05) is 13.1 Å². The van der Waals surface area contributed by atoms with Gasteiger partial charge in [-0.2, -0.15) is 0 Å². The van der Waals surface area contributed by atoms with E-state index >= 15 is 0 Å². The Labute approximate surface area is 93.0 Å². The predicted molar refractivity (Wildman–Crippen MR) is 63.6 cm³/mol. The Kier molecular flexibility index (Phi) is 7.34. The van der Waals surface area contributed by atoms with Gasteiger partial charge >= 0.3 is 0 Å². The average Bonchev–Trinajstić information content (AvgIpc) is 2.12. The molecule has 0 rings (SSSR count). The lowest BCUT2D eigenvalue weighted by molar-refractivity contribution is -0.123. The van der Waals surface area contributed by atoms with Crippen LogP contribution in [0.5, 0.6) is 0 Å². The third kappa shape index (κ3) is 7.33. The third-order valence-corrected chi connectivity index (χ3v) is 1.99. The van der Waals surface area contributed by atoms with E-state index in [4.69, 9.17) is 5.73 Å². The lowest BCUT2D eigenvalue weighted by Gasteiger charge is -2.20. The number of carbonyl (C=O) groups is 1. The van der Waals surface area contributed by atoms with Crippen molar-refractivity contribution < 1.29 is 4.79 Å². The molecular weight excluding hydrogens is 190 g/mol. The molecule has 0 aliphatic carbocycles. The molecule has 0 radical (unpaired) electrons. The van der Waals surface area contributed by atoms with Crippen molar-refractivity contribution in [3.63, 3.8) is 0 Å². The fourth-order valence-electron chi connectivity index (χ4n) is 1.29. The lowest BCUT2D eigenvalue weighted by atomic mass is 10.1. The zero-order valence-electron chi connectivity index (χ0n) is 10.3. The van der Waals surface area contributed by atoms with Gasteiger partial charge in [0.2, 0.25) is 5.91 Å². The summed E-state index contributed by atoms with van der Waals surface area (Å²) >= 11 is 0. The van der Waals surface area contributed by atoms with Gasteiger partial charge in [-0.15, -0.1) is 0 Å². The number of hydrogen-bond donors (Lipinski definition) is 3. The molecule has 0 spiro atoms. The van der Waals surface area contributed by atoms with Crippen LogP contribution in [0.2, 0.25) is 0 Å². The standard InChI is InChI=1S/C11H25N3O/c1-8(2)7-13-11(15)10(5-6-12)14-9(3)4/h8-10,14H,5-7,12H2,1-4H3,(H,13,15). The maximum Gasteiger partial charge on any atom is 0.237 e. The smallest absolute Gasteiger partial charge is 0.237 e. The van der Waals surface area contributed by atoms with Crippen molar-refractivity contribution >= 4 is 5.91 Å². The fourth-order valence-corrected chi connectivity index (χ4v) is 1.29. The summed E-state index contributed by atoms with van der Waals surface area (Å²) in [5.41, 5.74) is 5.48. The zero-order chi connectivity index (χ0) is 11.8. The molecule has 0 saturated heterocycles. The molecule has 0 aliphatic rings. The predicted octanol–water partition coefficient (Wildman–Crippen LogP) is 0.474. The van der Waals surface area contributed by atoms with Crippen molar-refractivity contribution in [3.05, 3.63) is 0 Å². The fraction of sp³-hybridized carbons (Fsp3) is 0.909. The first-order valence-corrected chi connectivity index (χ1v) is 5.71. The molecular formula is C11H25N3O. The molecule has 4 nitrogen and oxygen atoms in total. The molecule has 0 saturated carbocycles. The van der Waals surface area contributed by atoms with Crippen LogP contribution in [0.4, 0.5) is 0 Å². The monoisotopic (exact) mass is 215 g/mol. The van der Waals surface area contributed by atoms with Crippen LogP contribution in [0.25, 0.3) is 0 Å². The van der Waals surface area contributed by atoms with Crippen LogP contribution in [0.1, 0.15) is 34.1 Å². The maximum absolute atomic E-state index is 11.7. The summed E-state index contributed by atoms with van der Waals surface area (Å²) < 4.78 is 0. The largest absolute Gasteiger partial charge is 0.354 e. The molecule has 1 atom stereocenters. The Morgan fingerprint density at radius 3 is 2.27 bits per heavy atom. The Bertz CT molecular complexity index is 181. The van der Waals surface area contributed by atoms with Gasteiger partial charge in [-0.1, -0.05) is 27.7 Å². The summed E-state index contributed by atoms with van der Waals surface area (Å²) in [5, 5.41) is 6.13. The SMILES string of the molecule is CC(C)CNC(=O)C(CCN)NC(C)C. The highest BCUT2D eigenvalue weighted by Crippen LogP contribution is 1.95. The van der Waals surface area contributed by atoms with Crippen LogP contribution in [-0.2, 0) is 4.79 Å². The van der Waals surface area contributed by atoms with Crippen LogP contribution in [0.15, 0.2) is 0 Å². The molecule has 4 N–H and O–H groups in total. The second-order valence-electron chi connectivity index (χ2n) is 4.59. The minimum absolute atomic E-state index is 0.0582. The van der Waals surface area contributed by atoms with Crippen LogP contribution in [0, 0.1) is 5.92 Å². The van der Waals surface area contributed by atoms with E-state index in [9.17, 15) is 4.79 Å².